The predicted octanol–water partition coefficient (Wildman–Crippen LogP) is 1.60. The van der Waals surface area contributed by atoms with E-state index in [2.05, 4.69) is 10.1 Å². The number of halogens is 1. The Morgan fingerprint density at radius 3 is 2.72 bits per heavy atom. The highest BCUT2D eigenvalue weighted by Gasteiger charge is 2.15. The maximum atomic E-state index is 13.3. The fraction of sp³-hybridized carbons (Fsp3) is 0.333. The van der Waals surface area contributed by atoms with Crippen molar-refractivity contribution in [1.82, 2.24) is 5.32 Å². The van der Waals surface area contributed by atoms with Crippen LogP contribution < -0.4 is 5.32 Å². The van der Waals surface area contributed by atoms with Gasteiger partial charge in [0, 0.05) is 4.90 Å². The van der Waals surface area contributed by atoms with Crippen LogP contribution in [0.5, 0.6) is 0 Å². The highest BCUT2D eigenvalue weighted by molar-refractivity contribution is 8.00. The number of hydrogen-bond acceptors (Lipinski definition) is 4. The van der Waals surface area contributed by atoms with Gasteiger partial charge in [-0.15, -0.1) is 11.8 Å². The fourth-order valence-electron chi connectivity index (χ4n) is 1.22. The van der Waals surface area contributed by atoms with Gasteiger partial charge in [-0.05, 0) is 19.1 Å². The van der Waals surface area contributed by atoms with Crippen LogP contribution in [-0.2, 0) is 14.3 Å². The van der Waals surface area contributed by atoms with Gasteiger partial charge < -0.3 is 10.1 Å². The number of carbonyl (C=O) groups is 2. The number of rotatable bonds is 5. The lowest BCUT2D eigenvalue weighted by Crippen LogP contribution is -2.40. The van der Waals surface area contributed by atoms with E-state index in [-0.39, 0.29) is 17.5 Å². The molecule has 1 aromatic rings. The first kappa shape index (κ1) is 14.5. The summed E-state index contributed by atoms with van der Waals surface area (Å²) in [6.07, 6.45) is 0. The monoisotopic (exact) mass is 271 g/mol. The zero-order valence-corrected chi connectivity index (χ0v) is 10.9. The molecule has 1 rings (SSSR count). The SMILES string of the molecule is COC(=O)C(C)NC(=O)CSc1ccccc1F. The van der Waals surface area contributed by atoms with Gasteiger partial charge in [0.05, 0.1) is 12.9 Å². The Hall–Kier alpha value is -1.56. The van der Waals surface area contributed by atoms with E-state index in [9.17, 15) is 14.0 Å². The third kappa shape index (κ3) is 4.37. The Kier molecular flexibility index (Phi) is 5.64. The molecule has 1 N–H and O–H groups in total. The molecule has 0 bridgehead atoms. The summed E-state index contributed by atoms with van der Waals surface area (Å²) < 4.78 is 17.7. The number of ether oxygens (including phenoxy) is 1. The first-order valence-corrected chi connectivity index (χ1v) is 6.27. The molecular formula is C12H14FNO3S. The highest BCUT2D eigenvalue weighted by Crippen LogP contribution is 2.20. The van der Waals surface area contributed by atoms with Gasteiger partial charge in [-0.25, -0.2) is 9.18 Å². The lowest BCUT2D eigenvalue weighted by atomic mass is 10.3. The largest absolute Gasteiger partial charge is 0.467 e. The van der Waals surface area contributed by atoms with E-state index in [0.29, 0.717) is 4.90 Å². The predicted molar refractivity (Wildman–Crippen MR) is 66.7 cm³/mol. The summed E-state index contributed by atoms with van der Waals surface area (Å²) in [4.78, 5) is 23.0. The van der Waals surface area contributed by atoms with E-state index < -0.39 is 12.0 Å². The Labute approximate surface area is 109 Å². The van der Waals surface area contributed by atoms with Crippen molar-refractivity contribution < 1.29 is 18.7 Å². The number of nitrogens with one attached hydrogen (secondary N) is 1. The normalized spacial score (nSPS) is 11.7. The summed E-state index contributed by atoms with van der Waals surface area (Å²) in [5.41, 5.74) is 0. The van der Waals surface area contributed by atoms with Crippen molar-refractivity contribution in [2.24, 2.45) is 0 Å². The van der Waals surface area contributed by atoms with Crippen molar-refractivity contribution in [3.63, 3.8) is 0 Å². The zero-order valence-electron chi connectivity index (χ0n) is 10.1. The smallest absolute Gasteiger partial charge is 0.328 e. The molecule has 6 heteroatoms. The minimum atomic E-state index is -0.705. The Bertz CT molecular complexity index is 439. The van der Waals surface area contributed by atoms with E-state index in [0.717, 1.165) is 11.8 Å². The molecule has 18 heavy (non-hydrogen) atoms. The van der Waals surface area contributed by atoms with Crippen molar-refractivity contribution in [3.8, 4) is 0 Å². The van der Waals surface area contributed by atoms with Crippen molar-refractivity contribution in [3.05, 3.63) is 30.1 Å². The molecule has 0 saturated carbocycles. The Balaban J connectivity index is 2.43. The van der Waals surface area contributed by atoms with Crippen LogP contribution in [-0.4, -0.2) is 30.8 Å². The van der Waals surface area contributed by atoms with Gasteiger partial charge in [0.25, 0.3) is 0 Å². The third-order valence-corrected chi connectivity index (χ3v) is 3.18. The van der Waals surface area contributed by atoms with Crippen molar-refractivity contribution in [2.45, 2.75) is 17.9 Å². The van der Waals surface area contributed by atoms with Crippen molar-refractivity contribution in [1.29, 1.82) is 0 Å². The fourth-order valence-corrected chi connectivity index (χ4v) is 1.97. The van der Waals surface area contributed by atoms with Crippen molar-refractivity contribution >= 4 is 23.6 Å². The van der Waals surface area contributed by atoms with Crippen LogP contribution in [0.25, 0.3) is 0 Å². The molecule has 0 aliphatic rings. The average molecular weight is 271 g/mol. The number of methoxy groups -OCH3 is 1. The molecule has 0 heterocycles. The topological polar surface area (TPSA) is 55.4 Å². The average Bonchev–Trinajstić information content (AvgIpc) is 2.36. The first-order chi connectivity index (χ1) is 8.54. The van der Waals surface area contributed by atoms with Crippen LogP contribution in [0.3, 0.4) is 0 Å². The minimum Gasteiger partial charge on any atom is -0.467 e. The molecular weight excluding hydrogens is 257 g/mol. The Morgan fingerprint density at radius 2 is 2.11 bits per heavy atom. The summed E-state index contributed by atoms with van der Waals surface area (Å²) in [5.74, 6) is -1.18. The maximum Gasteiger partial charge on any atom is 0.328 e. The quantitative estimate of drug-likeness (QED) is 0.653. The lowest BCUT2D eigenvalue weighted by Gasteiger charge is -2.11. The van der Waals surface area contributed by atoms with Gasteiger partial charge in [0.2, 0.25) is 5.91 Å². The summed E-state index contributed by atoms with van der Waals surface area (Å²) in [5, 5.41) is 2.46. The molecule has 0 fully saturated rings. The highest BCUT2D eigenvalue weighted by atomic mass is 32.2. The summed E-state index contributed by atoms with van der Waals surface area (Å²) in [7, 11) is 1.25. The van der Waals surface area contributed by atoms with E-state index in [4.69, 9.17) is 0 Å². The third-order valence-electron chi connectivity index (χ3n) is 2.13. The number of benzene rings is 1. The van der Waals surface area contributed by atoms with Crippen LogP contribution in [0.1, 0.15) is 6.92 Å². The van der Waals surface area contributed by atoms with Gasteiger partial charge in [-0.3, -0.25) is 4.79 Å². The molecule has 1 aromatic carbocycles. The minimum absolute atomic E-state index is 0.0439. The molecule has 0 aromatic heterocycles. The van der Waals surface area contributed by atoms with Crippen LogP contribution in [0.2, 0.25) is 0 Å². The second kappa shape index (κ2) is 7.00. The second-order valence-corrected chi connectivity index (χ2v) is 4.55. The molecule has 0 saturated heterocycles. The molecule has 4 nitrogen and oxygen atoms in total. The zero-order chi connectivity index (χ0) is 13.5. The number of hydrogen-bond donors (Lipinski definition) is 1. The molecule has 0 aliphatic carbocycles. The standard InChI is InChI=1S/C12H14FNO3S/c1-8(12(16)17-2)14-11(15)7-18-10-6-4-3-5-9(10)13/h3-6,8H,7H2,1-2H3,(H,14,15). The van der Waals surface area contributed by atoms with Gasteiger partial charge >= 0.3 is 5.97 Å². The molecule has 1 unspecified atom stereocenters. The second-order valence-electron chi connectivity index (χ2n) is 3.53. The van der Waals surface area contributed by atoms with Crippen LogP contribution in [0.4, 0.5) is 4.39 Å². The first-order valence-electron chi connectivity index (χ1n) is 5.29. The van der Waals surface area contributed by atoms with Crippen molar-refractivity contribution in [2.75, 3.05) is 12.9 Å². The van der Waals surface area contributed by atoms with Crippen LogP contribution in [0.15, 0.2) is 29.2 Å². The van der Waals surface area contributed by atoms with Gasteiger partial charge in [0.1, 0.15) is 11.9 Å². The van der Waals surface area contributed by atoms with E-state index in [1.54, 1.807) is 18.2 Å². The van der Waals surface area contributed by atoms with Gasteiger partial charge in [-0.2, -0.15) is 0 Å². The molecule has 0 radical (unpaired) electrons. The van der Waals surface area contributed by atoms with Crippen LogP contribution in [0, 0.1) is 5.82 Å². The van der Waals surface area contributed by atoms with E-state index >= 15 is 0 Å². The number of carbonyl (C=O) groups excluding carboxylic acids is 2. The van der Waals surface area contributed by atoms with Gasteiger partial charge in [-0.1, -0.05) is 12.1 Å². The molecule has 0 spiro atoms. The lowest BCUT2D eigenvalue weighted by molar-refractivity contribution is -0.144. The molecule has 0 aliphatic heterocycles. The summed E-state index contributed by atoms with van der Waals surface area (Å²) >= 11 is 1.08. The van der Waals surface area contributed by atoms with E-state index in [1.165, 1.54) is 20.1 Å². The number of thioether (sulfide) groups is 1. The van der Waals surface area contributed by atoms with Crippen LogP contribution >= 0.6 is 11.8 Å². The summed E-state index contributed by atoms with van der Waals surface area (Å²) in [6.45, 7) is 1.53. The molecule has 98 valence electrons. The molecule has 1 atom stereocenters. The number of esters is 1. The summed E-state index contributed by atoms with van der Waals surface area (Å²) in [6, 6.07) is 5.50. The Morgan fingerprint density at radius 1 is 1.44 bits per heavy atom. The maximum absolute atomic E-state index is 13.3. The molecule has 1 amide bonds. The van der Waals surface area contributed by atoms with Gasteiger partial charge in [0.15, 0.2) is 0 Å². The number of amides is 1. The van der Waals surface area contributed by atoms with E-state index in [1.807, 2.05) is 0 Å².